The highest BCUT2D eigenvalue weighted by molar-refractivity contribution is 6.04. The number of carbonyl (C=O) groups excluding carboxylic acids is 3. The van der Waals surface area contributed by atoms with Gasteiger partial charge in [0.1, 0.15) is 23.1 Å². The molecule has 3 aromatic heterocycles. The highest BCUT2D eigenvalue weighted by atomic mass is 19.4. The third-order valence-electron chi connectivity index (χ3n) is 11.9. The lowest BCUT2D eigenvalue weighted by Gasteiger charge is -2.42. The molecule has 300 valence electrons. The smallest absolute Gasteiger partial charge is 0.370 e. The van der Waals surface area contributed by atoms with Crippen LogP contribution in [0.15, 0.2) is 65.6 Å². The topological polar surface area (TPSA) is 139 Å². The number of carbonyl (C=O) groups is 3. The first kappa shape index (κ1) is 38.3. The molecule has 1 aliphatic carbocycles. The van der Waals surface area contributed by atoms with E-state index < -0.39 is 35.4 Å². The first-order chi connectivity index (χ1) is 27.2. The van der Waals surface area contributed by atoms with Gasteiger partial charge in [0.2, 0.25) is 11.8 Å². The molecule has 5 heterocycles. The average molecular weight is 790 g/mol. The number of anilines is 2. The maximum atomic E-state index is 16.5. The van der Waals surface area contributed by atoms with Crippen molar-refractivity contribution in [3.63, 3.8) is 0 Å². The van der Waals surface area contributed by atoms with E-state index in [4.69, 9.17) is 5.10 Å². The lowest BCUT2D eigenvalue weighted by Crippen LogP contribution is -2.50. The number of hydrogen-bond donors (Lipinski definition) is 2. The number of fused-ring (bicyclic) bond motifs is 2. The number of aryl methyl sites for hydroxylation is 1. The van der Waals surface area contributed by atoms with Gasteiger partial charge in [0.05, 0.1) is 28.3 Å². The van der Waals surface area contributed by atoms with E-state index in [0.717, 1.165) is 54.4 Å². The molecule has 13 nitrogen and oxygen atoms in total. The number of alkyl halides is 4. The fourth-order valence-electron chi connectivity index (χ4n) is 8.77. The summed E-state index contributed by atoms with van der Waals surface area (Å²) in [6, 6.07) is 13.5. The number of imide groups is 1. The van der Waals surface area contributed by atoms with E-state index in [1.54, 1.807) is 31.3 Å². The Kier molecular flexibility index (Phi) is 9.90. The minimum absolute atomic E-state index is 0.139. The summed E-state index contributed by atoms with van der Waals surface area (Å²) in [7, 11) is 3.66. The Hall–Kier alpha value is -5.58. The van der Waals surface area contributed by atoms with Gasteiger partial charge >= 0.3 is 11.9 Å². The average Bonchev–Trinajstić information content (AvgIpc) is 3.72. The molecule has 17 heteroatoms. The molecule has 3 amide bonds. The van der Waals surface area contributed by atoms with Crippen molar-refractivity contribution in [1.29, 1.82) is 0 Å². The number of imidazole rings is 1. The Bertz CT molecular complexity index is 2420. The summed E-state index contributed by atoms with van der Waals surface area (Å²) < 4.78 is 60.7. The third-order valence-corrected chi connectivity index (χ3v) is 11.9. The fraction of sp³-hybridized carbons (Fsp3) is 0.450. The minimum Gasteiger partial charge on any atom is -0.370 e. The van der Waals surface area contributed by atoms with Crippen molar-refractivity contribution in [3.8, 4) is 0 Å². The molecule has 0 radical (unpaired) electrons. The van der Waals surface area contributed by atoms with Gasteiger partial charge in [-0.15, -0.1) is 0 Å². The van der Waals surface area contributed by atoms with E-state index in [0.29, 0.717) is 49.2 Å². The number of nitrogens with zero attached hydrogens (tertiary/aromatic N) is 7. The number of pyridine rings is 1. The first-order valence-electron chi connectivity index (χ1n) is 19.2. The third kappa shape index (κ3) is 7.51. The van der Waals surface area contributed by atoms with E-state index in [1.165, 1.54) is 15.2 Å². The number of halogens is 4. The van der Waals surface area contributed by atoms with Crippen LogP contribution in [0.1, 0.15) is 79.6 Å². The second kappa shape index (κ2) is 14.7. The summed E-state index contributed by atoms with van der Waals surface area (Å²) in [5.41, 5.74) is 0.0287. The Morgan fingerprint density at radius 1 is 1.00 bits per heavy atom. The second-order valence-corrected chi connectivity index (χ2v) is 15.6. The predicted molar refractivity (Wildman–Crippen MR) is 205 cm³/mol. The quantitative estimate of drug-likeness (QED) is 0.150. The molecule has 8 rings (SSSR count). The summed E-state index contributed by atoms with van der Waals surface area (Å²) >= 11 is 0. The lowest BCUT2D eigenvalue weighted by atomic mass is 9.88. The first-order valence-corrected chi connectivity index (χ1v) is 19.2. The molecule has 2 aromatic carbocycles. The zero-order valence-electron chi connectivity index (χ0n) is 31.6. The van der Waals surface area contributed by atoms with Gasteiger partial charge in [-0.25, -0.2) is 14.2 Å². The largest absolute Gasteiger partial charge is 0.433 e. The standard InChI is InChI=1S/C40H43F4N9O4/c1-49(23-39(41)17-19-51(20-18-39)30-6-4-7-31-35(30)50(2)38(57)53(31)32-15-16-34(54)47-37(32)56)26-10-12-27(13-11-26)52-22-24-21-25(9-14-28(24)48-52)45-36(55)29-5-3-8-33(46-29)40(42,43)44/h3-9,14,21-22,26-27,32H,10-13,15-20,23H2,1-2H3,(H,45,55)(H,47,54,56). The van der Waals surface area contributed by atoms with E-state index >= 15 is 4.39 Å². The molecule has 2 N–H and O–H groups in total. The van der Waals surface area contributed by atoms with Gasteiger partial charge in [0.15, 0.2) is 0 Å². The van der Waals surface area contributed by atoms with Crippen LogP contribution in [-0.4, -0.2) is 84.9 Å². The highest BCUT2D eigenvalue weighted by Crippen LogP contribution is 2.37. The monoisotopic (exact) mass is 789 g/mol. The molecule has 3 fully saturated rings. The Morgan fingerprint density at radius 3 is 2.46 bits per heavy atom. The predicted octanol–water partition coefficient (Wildman–Crippen LogP) is 5.76. The zero-order chi connectivity index (χ0) is 40.2. The Morgan fingerprint density at radius 2 is 1.74 bits per heavy atom. The normalized spacial score (nSPS) is 21.7. The van der Waals surface area contributed by atoms with Crippen molar-refractivity contribution in [2.45, 2.75) is 81.3 Å². The van der Waals surface area contributed by atoms with Crippen LogP contribution in [0.3, 0.4) is 0 Å². The number of nitrogens with one attached hydrogen (secondary N) is 2. The van der Waals surface area contributed by atoms with E-state index in [-0.39, 0.29) is 42.2 Å². The minimum atomic E-state index is -4.66. The Balaban J connectivity index is 0.863. The van der Waals surface area contributed by atoms with Crippen molar-refractivity contribution < 1.29 is 31.9 Å². The number of aromatic nitrogens is 5. The lowest BCUT2D eigenvalue weighted by molar-refractivity contribution is -0.141. The van der Waals surface area contributed by atoms with Gasteiger partial charge in [0.25, 0.3) is 5.91 Å². The van der Waals surface area contributed by atoms with Crippen LogP contribution >= 0.6 is 0 Å². The van der Waals surface area contributed by atoms with E-state index in [1.807, 2.05) is 30.1 Å². The highest BCUT2D eigenvalue weighted by Gasteiger charge is 2.39. The Labute approximate surface area is 324 Å². The molecular weight excluding hydrogens is 746 g/mol. The summed E-state index contributed by atoms with van der Waals surface area (Å²) in [6.07, 6.45) is 1.73. The molecule has 2 aliphatic heterocycles. The molecule has 1 unspecified atom stereocenters. The number of para-hydroxylation sites is 1. The van der Waals surface area contributed by atoms with Gasteiger partial charge < -0.3 is 15.1 Å². The summed E-state index contributed by atoms with van der Waals surface area (Å²) in [6.45, 7) is 1.24. The molecular formula is C40H43F4N9O4. The molecule has 3 aliphatic rings. The number of hydrogen-bond acceptors (Lipinski definition) is 8. The van der Waals surface area contributed by atoms with E-state index in [2.05, 4.69) is 25.4 Å². The molecule has 0 bridgehead atoms. The van der Waals surface area contributed by atoms with Crippen LogP contribution in [0.25, 0.3) is 21.9 Å². The van der Waals surface area contributed by atoms with Crippen molar-refractivity contribution >= 4 is 51.0 Å². The van der Waals surface area contributed by atoms with Crippen LogP contribution in [0.5, 0.6) is 0 Å². The van der Waals surface area contributed by atoms with Crippen molar-refractivity contribution in [2.75, 3.05) is 36.9 Å². The molecule has 0 spiro atoms. The number of amides is 3. The summed E-state index contributed by atoms with van der Waals surface area (Å²) in [4.78, 5) is 58.3. The maximum Gasteiger partial charge on any atom is 0.433 e. The van der Waals surface area contributed by atoms with E-state index in [9.17, 15) is 32.3 Å². The van der Waals surface area contributed by atoms with Crippen molar-refractivity contribution in [1.82, 2.24) is 34.1 Å². The van der Waals surface area contributed by atoms with Gasteiger partial charge in [-0.3, -0.25) is 33.5 Å². The molecule has 5 aromatic rings. The number of benzene rings is 2. The summed E-state index contributed by atoms with van der Waals surface area (Å²) in [5.74, 6) is -1.58. The van der Waals surface area contributed by atoms with Gasteiger partial charge in [-0.2, -0.15) is 18.3 Å². The molecule has 57 heavy (non-hydrogen) atoms. The molecule has 1 atom stereocenters. The van der Waals surface area contributed by atoms with Gasteiger partial charge in [0, 0.05) is 69.3 Å². The number of rotatable bonds is 8. The van der Waals surface area contributed by atoms with Gasteiger partial charge in [-0.05, 0) is 81.6 Å². The second-order valence-electron chi connectivity index (χ2n) is 15.6. The van der Waals surface area contributed by atoms with Crippen molar-refractivity contribution in [2.24, 2.45) is 7.05 Å². The summed E-state index contributed by atoms with van der Waals surface area (Å²) in [5, 5.41) is 10.5. The van der Waals surface area contributed by atoms with Crippen LogP contribution in [0.4, 0.5) is 28.9 Å². The fourth-order valence-corrected chi connectivity index (χ4v) is 8.77. The number of piperidine rings is 2. The SMILES string of the molecule is CN(CC1(F)CCN(c2cccc3c2n(C)c(=O)n3C2CCC(=O)NC2=O)CC1)C1CCC(n2cc3cc(NC(=O)c4cccc(C(F)(F)F)n4)ccc3n2)CC1. The van der Waals surface area contributed by atoms with Crippen LogP contribution < -0.4 is 21.2 Å². The zero-order valence-corrected chi connectivity index (χ0v) is 31.6. The van der Waals surface area contributed by atoms with Gasteiger partial charge in [-0.1, -0.05) is 12.1 Å². The maximum absolute atomic E-state index is 16.5. The van der Waals surface area contributed by atoms with Crippen LogP contribution in [0, 0.1) is 0 Å². The van der Waals surface area contributed by atoms with Crippen molar-refractivity contribution in [3.05, 3.63) is 82.7 Å². The van der Waals surface area contributed by atoms with Crippen LogP contribution in [-0.2, 0) is 22.8 Å². The molecule has 1 saturated carbocycles. The molecule has 2 saturated heterocycles. The van der Waals surface area contributed by atoms with Crippen LogP contribution in [0.2, 0.25) is 0 Å².